The molecule has 3 N–H and O–H groups in total. The van der Waals surface area contributed by atoms with Gasteiger partial charge in [0.2, 0.25) is 0 Å². The van der Waals surface area contributed by atoms with Crippen molar-refractivity contribution < 1.29 is 24.2 Å². The van der Waals surface area contributed by atoms with E-state index in [4.69, 9.17) is 9.84 Å². The van der Waals surface area contributed by atoms with E-state index in [-0.39, 0.29) is 18.0 Å². The number of hydrogen-bond donors (Lipinski definition) is 3. The summed E-state index contributed by atoms with van der Waals surface area (Å²) < 4.78 is 5.29. The van der Waals surface area contributed by atoms with Crippen molar-refractivity contribution in [3.63, 3.8) is 0 Å². The zero-order valence-electron chi connectivity index (χ0n) is 16.1. The Hall–Kier alpha value is -3.39. The lowest BCUT2D eigenvalue weighted by atomic mass is 10.1. The predicted molar refractivity (Wildman–Crippen MR) is 107 cm³/mol. The number of morpholine rings is 1. The fraction of sp³-hybridized carbons (Fsp3) is 0.286. The third-order valence-electron chi connectivity index (χ3n) is 4.76. The number of carboxylic acids is 1. The van der Waals surface area contributed by atoms with E-state index in [0.717, 1.165) is 5.56 Å². The molecule has 8 nitrogen and oxygen atoms in total. The highest BCUT2D eigenvalue weighted by molar-refractivity contribution is 5.99. The van der Waals surface area contributed by atoms with E-state index in [1.807, 2.05) is 0 Å². The van der Waals surface area contributed by atoms with Gasteiger partial charge in [0.15, 0.2) is 0 Å². The molecule has 0 atom stereocenters. The van der Waals surface area contributed by atoms with Gasteiger partial charge in [0, 0.05) is 30.9 Å². The second-order valence-electron chi connectivity index (χ2n) is 6.69. The summed E-state index contributed by atoms with van der Waals surface area (Å²) in [6.45, 7) is 4.20. The number of rotatable bonds is 5. The number of nitrogens with one attached hydrogen (secondary N) is 2. The van der Waals surface area contributed by atoms with Crippen LogP contribution in [-0.4, -0.2) is 54.2 Å². The Morgan fingerprint density at radius 2 is 1.76 bits per heavy atom. The van der Waals surface area contributed by atoms with Gasteiger partial charge in [0.25, 0.3) is 5.91 Å². The average Bonchev–Trinajstić information content (AvgIpc) is 2.74. The summed E-state index contributed by atoms with van der Waals surface area (Å²) in [6.07, 6.45) is 0. The van der Waals surface area contributed by atoms with Crippen molar-refractivity contribution in [1.82, 2.24) is 10.2 Å². The Morgan fingerprint density at radius 1 is 1.07 bits per heavy atom. The molecule has 3 amide bonds. The second-order valence-corrected chi connectivity index (χ2v) is 6.69. The molecular weight excluding hydrogens is 374 g/mol. The number of carbonyl (C=O) groups excluding carboxylic acids is 2. The average molecular weight is 397 g/mol. The topological polar surface area (TPSA) is 108 Å². The number of hydrogen-bond acceptors (Lipinski definition) is 4. The van der Waals surface area contributed by atoms with E-state index in [2.05, 4.69) is 10.6 Å². The van der Waals surface area contributed by atoms with Crippen molar-refractivity contribution in [3.05, 3.63) is 64.7 Å². The maximum absolute atomic E-state index is 12.7. The van der Waals surface area contributed by atoms with Crippen LogP contribution in [-0.2, 0) is 11.3 Å². The minimum absolute atomic E-state index is 0.0756. The van der Waals surface area contributed by atoms with Gasteiger partial charge < -0.3 is 25.4 Å². The molecule has 0 spiro atoms. The van der Waals surface area contributed by atoms with Gasteiger partial charge in [0.1, 0.15) is 0 Å². The van der Waals surface area contributed by atoms with Crippen LogP contribution in [0.3, 0.4) is 0 Å². The van der Waals surface area contributed by atoms with E-state index in [9.17, 15) is 14.4 Å². The SMILES string of the molecule is Cc1c(NC(=O)NCc2ccc(C(=O)O)cc2)cccc1C(=O)N1CCOCC1. The van der Waals surface area contributed by atoms with Crippen molar-refractivity contribution >= 4 is 23.6 Å². The van der Waals surface area contributed by atoms with Crippen LogP contribution in [0.1, 0.15) is 31.8 Å². The number of carboxylic acid groups (broad SMARTS) is 1. The monoisotopic (exact) mass is 397 g/mol. The Balaban J connectivity index is 1.61. The summed E-state index contributed by atoms with van der Waals surface area (Å²) in [4.78, 5) is 37.6. The molecule has 0 radical (unpaired) electrons. The van der Waals surface area contributed by atoms with Crippen LogP contribution < -0.4 is 10.6 Å². The van der Waals surface area contributed by atoms with E-state index >= 15 is 0 Å². The van der Waals surface area contributed by atoms with Gasteiger partial charge in [0.05, 0.1) is 18.8 Å². The molecule has 1 aliphatic rings. The lowest BCUT2D eigenvalue weighted by Crippen LogP contribution is -2.41. The van der Waals surface area contributed by atoms with Crippen molar-refractivity contribution in [2.24, 2.45) is 0 Å². The smallest absolute Gasteiger partial charge is 0.335 e. The van der Waals surface area contributed by atoms with Crippen LogP contribution in [0.4, 0.5) is 10.5 Å². The Kier molecular flexibility index (Phi) is 6.46. The first kappa shape index (κ1) is 20.3. The largest absolute Gasteiger partial charge is 0.478 e. The first-order chi connectivity index (χ1) is 14.0. The van der Waals surface area contributed by atoms with Gasteiger partial charge in [-0.1, -0.05) is 18.2 Å². The summed E-state index contributed by atoms with van der Waals surface area (Å²) >= 11 is 0. The highest BCUT2D eigenvalue weighted by Crippen LogP contribution is 2.21. The van der Waals surface area contributed by atoms with Gasteiger partial charge >= 0.3 is 12.0 Å². The van der Waals surface area contributed by atoms with E-state index in [1.165, 1.54) is 12.1 Å². The highest BCUT2D eigenvalue weighted by Gasteiger charge is 2.21. The predicted octanol–water partition coefficient (Wildman–Crippen LogP) is 2.49. The van der Waals surface area contributed by atoms with Gasteiger partial charge in [-0.05, 0) is 42.3 Å². The Labute approximate surface area is 168 Å². The molecule has 0 saturated carbocycles. The fourth-order valence-corrected chi connectivity index (χ4v) is 3.05. The minimum atomic E-state index is -0.996. The number of benzene rings is 2. The summed E-state index contributed by atoms with van der Waals surface area (Å²) in [6, 6.07) is 11.1. The quantitative estimate of drug-likeness (QED) is 0.718. The van der Waals surface area contributed by atoms with E-state index in [1.54, 1.807) is 42.2 Å². The minimum Gasteiger partial charge on any atom is -0.478 e. The van der Waals surface area contributed by atoms with Gasteiger partial charge in [-0.2, -0.15) is 0 Å². The normalized spacial score (nSPS) is 13.6. The van der Waals surface area contributed by atoms with Gasteiger partial charge in [-0.3, -0.25) is 4.79 Å². The van der Waals surface area contributed by atoms with Crippen molar-refractivity contribution in [1.29, 1.82) is 0 Å². The molecule has 0 bridgehead atoms. The number of anilines is 1. The maximum atomic E-state index is 12.7. The van der Waals surface area contributed by atoms with Crippen LogP contribution >= 0.6 is 0 Å². The Morgan fingerprint density at radius 3 is 2.41 bits per heavy atom. The molecule has 152 valence electrons. The number of aromatic carboxylic acids is 1. The Bertz CT molecular complexity index is 905. The summed E-state index contributed by atoms with van der Waals surface area (Å²) in [7, 11) is 0. The third-order valence-corrected chi connectivity index (χ3v) is 4.76. The van der Waals surface area contributed by atoms with Crippen molar-refractivity contribution in [2.45, 2.75) is 13.5 Å². The molecule has 1 fully saturated rings. The highest BCUT2D eigenvalue weighted by atomic mass is 16.5. The van der Waals surface area contributed by atoms with Crippen LogP contribution in [0.2, 0.25) is 0 Å². The maximum Gasteiger partial charge on any atom is 0.335 e. The van der Waals surface area contributed by atoms with Gasteiger partial charge in [-0.15, -0.1) is 0 Å². The van der Waals surface area contributed by atoms with E-state index < -0.39 is 12.0 Å². The zero-order chi connectivity index (χ0) is 20.8. The fourth-order valence-electron chi connectivity index (χ4n) is 3.05. The molecule has 2 aromatic rings. The molecule has 0 aliphatic carbocycles. The first-order valence-corrected chi connectivity index (χ1v) is 9.29. The third kappa shape index (κ3) is 5.11. The molecule has 0 unspecified atom stereocenters. The second kappa shape index (κ2) is 9.20. The van der Waals surface area contributed by atoms with Crippen LogP contribution in [0.5, 0.6) is 0 Å². The molecule has 1 aliphatic heterocycles. The lowest BCUT2D eigenvalue weighted by Gasteiger charge is -2.27. The molecule has 0 aromatic heterocycles. The first-order valence-electron chi connectivity index (χ1n) is 9.29. The number of amides is 3. The molecule has 1 heterocycles. The number of nitrogens with zero attached hydrogens (tertiary/aromatic N) is 1. The number of carbonyl (C=O) groups is 3. The summed E-state index contributed by atoms with van der Waals surface area (Å²) in [5.74, 6) is -1.07. The molecule has 29 heavy (non-hydrogen) atoms. The lowest BCUT2D eigenvalue weighted by molar-refractivity contribution is 0.0302. The molecule has 3 rings (SSSR count). The zero-order valence-corrected chi connectivity index (χ0v) is 16.1. The van der Waals surface area contributed by atoms with Crippen molar-refractivity contribution in [3.8, 4) is 0 Å². The number of urea groups is 1. The number of ether oxygens (including phenoxy) is 1. The summed E-state index contributed by atoms with van der Waals surface area (Å²) in [5, 5.41) is 14.4. The van der Waals surface area contributed by atoms with Crippen molar-refractivity contribution in [2.75, 3.05) is 31.6 Å². The van der Waals surface area contributed by atoms with Crippen LogP contribution in [0, 0.1) is 6.92 Å². The van der Waals surface area contributed by atoms with E-state index in [0.29, 0.717) is 43.1 Å². The molecule has 2 aromatic carbocycles. The van der Waals surface area contributed by atoms with Crippen LogP contribution in [0.25, 0.3) is 0 Å². The standard InChI is InChI=1S/C21H23N3O5/c1-14-17(19(25)24-9-11-29-12-10-24)3-2-4-18(14)23-21(28)22-13-15-5-7-16(8-6-15)20(26)27/h2-8H,9-13H2,1H3,(H,26,27)(H2,22,23,28). The van der Waals surface area contributed by atoms with Gasteiger partial charge in [-0.25, -0.2) is 9.59 Å². The molecule has 1 saturated heterocycles. The van der Waals surface area contributed by atoms with Crippen LogP contribution in [0.15, 0.2) is 42.5 Å². The molecular formula is C21H23N3O5. The molecule has 8 heteroatoms. The summed E-state index contributed by atoms with van der Waals surface area (Å²) in [5.41, 5.74) is 2.77.